The average Bonchev–Trinajstić information content (AvgIpc) is 2.95. The summed E-state index contributed by atoms with van der Waals surface area (Å²) in [5.74, 6) is -0.546. The largest absolute Gasteiger partial charge is 0.462 e. The van der Waals surface area contributed by atoms with Crippen molar-refractivity contribution in [3.8, 4) is 11.1 Å². The molecule has 0 amide bonds. The summed E-state index contributed by atoms with van der Waals surface area (Å²) in [7, 11) is 0. The lowest BCUT2D eigenvalue weighted by Gasteiger charge is -2.32. The van der Waals surface area contributed by atoms with Crippen molar-refractivity contribution in [1.82, 2.24) is 0 Å². The first kappa shape index (κ1) is 26.9. The van der Waals surface area contributed by atoms with Crippen molar-refractivity contribution in [3.63, 3.8) is 0 Å². The summed E-state index contributed by atoms with van der Waals surface area (Å²) in [6.07, 6.45) is 3.46. The highest BCUT2D eigenvalue weighted by Gasteiger charge is 2.34. The number of carbonyl (C=O) groups excluding carboxylic acids is 2. The Morgan fingerprint density at radius 2 is 1.44 bits per heavy atom. The van der Waals surface area contributed by atoms with Crippen LogP contribution in [0.1, 0.15) is 65.4 Å². The van der Waals surface area contributed by atoms with Gasteiger partial charge in [0.2, 0.25) is 0 Å². The van der Waals surface area contributed by atoms with Gasteiger partial charge in [0.25, 0.3) is 0 Å². The van der Waals surface area contributed by atoms with Gasteiger partial charge in [-0.15, -0.1) is 0 Å². The van der Waals surface area contributed by atoms with Crippen molar-refractivity contribution in [2.75, 3.05) is 0 Å². The minimum absolute atomic E-state index is 0.0832. The van der Waals surface area contributed by atoms with Crippen LogP contribution in [0.3, 0.4) is 0 Å². The van der Waals surface area contributed by atoms with Gasteiger partial charge in [0, 0.05) is 0 Å². The zero-order valence-electron chi connectivity index (χ0n) is 23.4. The Balaban J connectivity index is 1.27. The van der Waals surface area contributed by atoms with Crippen molar-refractivity contribution in [3.05, 3.63) is 84.4 Å². The summed E-state index contributed by atoms with van der Waals surface area (Å²) in [5.41, 5.74) is 2.63. The molecule has 0 saturated heterocycles. The molecule has 202 valence electrons. The molecule has 0 aromatic heterocycles. The van der Waals surface area contributed by atoms with E-state index in [0.29, 0.717) is 25.7 Å². The molecule has 0 spiro atoms. The van der Waals surface area contributed by atoms with E-state index in [9.17, 15) is 9.59 Å². The maximum absolute atomic E-state index is 13.1. The Morgan fingerprint density at radius 3 is 2.10 bits per heavy atom. The van der Waals surface area contributed by atoms with Crippen molar-refractivity contribution in [2.45, 2.75) is 71.5 Å². The van der Waals surface area contributed by atoms with Gasteiger partial charge < -0.3 is 9.47 Å². The normalized spacial score (nSPS) is 18.6. The highest BCUT2D eigenvalue weighted by Crippen LogP contribution is 2.34. The van der Waals surface area contributed by atoms with Crippen LogP contribution in [0.4, 0.5) is 0 Å². The van der Waals surface area contributed by atoms with Crippen LogP contribution < -0.4 is 0 Å². The van der Waals surface area contributed by atoms with Gasteiger partial charge in [-0.25, -0.2) is 0 Å². The van der Waals surface area contributed by atoms with Gasteiger partial charge in [0.05, 0.1) is 11.8 Å². The van der Waals surface area contributed by atoms with Crippen molar-refractivity contribution >= 4 is 33.5 Å². The second kappa shape index (κ2) is 11.2. The first-order valence-electron chi connectivity index (χ1n) is 14.2. The molecule has 4 aromatic rings. The molecule has 0 heterocycles. The Labute approximate surface area is 231 Å². The lowest BCUT2D eigenvalue weighted by molar-refractivity contribution is -0.166. The van der Waals surface area contributed by atoms with E-state index >= 15 is 0 Å². The average molecular weight is 523 g/mol. The standard InChI is InChI=1S/C35H38O4/c1-5-23(2)33(36)38-32-17-14-25(15-18-32)34(37)39-35(3,4)31-16-13-28-20-29-19-26(24-9-7-6-8-10-24)11-12-27(29)21-30(28)22-31/h6-13,16,19-23,25,32H,5,14-15,17-18H2,1-4H3. The lowest BCUT2D eigenvalue weighted by atomic mass is 9.87. The van der Waals surface area contributed by atoms with Crippen LogP contribution in [0.5, 0.6) is 0 Å². The van der Waals surface area contributed by atoms with E-state index in [4.69, 9.17) is 9.47 Å². The zero-order valence-corrected chi connectivity index (χ0v) is 23.4. The molecule has 0 bridgehead atoms. The number of rotatable bonds is 7. The zero-order chi connectivity index (χ0) is 27.6. The minimum Gasteiger partial charge on any atom is -0.462 e. The van der Waals surface area contributed by atoms with Crippen LogP contribution in [0.2, 0.25) is 0 Å². The SMILES string of the molecule is CCC(C)C(=O)OC1CCC(C(=O)OC(C)(C)c2ccc3cc4cc(-c5ccccc5)ccc4cc3c2)CC1. The van der Waals surface area contributed by atoms with E-state index in [-0.39, 0.29) is 29.9 Å². The Hall–Kier alpha value is -3.66. The fraction of sp³-hybridized carbons (Fsp3) is 0.371. The van der Waals surface area contributed by atoms with Crippen LogP contribution in [-0.2, 0) is 24.7 Å². The molecule has 4 heteroatoms. The molecule has 4 aromatic carbocycles. The summed E-state index contributed by atoms with van der Waals surface area (Å²) in [5, 5.41) is 4.66. The topological polar surface area (TPSA) is 52.6 Å². The Bertz CT molecular complexity index is 1480. The molecule has 39 heavy (non-hydrogen) atoms. The molecule has 1 aliphatic carbocycles. The summed E-state index contributed by atoms with van der Waals surface area (Å²) >= 11 is 0. The maximum atomic E-state index is 13.1. The highest BCUT2D eigenvalue weighted by atomic mass is 16.6. The van der Waals surface area contributed by atoms with Crippen LogP contribution in [0.15, 0.2) is 78.9 Å². The monoisotopic (exact) mass is 522 g/mol. The number of hydrogen-bond acceptors (Lipinski definition) is 4. The molecule has 4 nitrogen and oxygen atoms in total. The molecule has 1 aliphatic rings. The quantitative estimate of drug-likeness (QED) is 0.180. The maximum Gasteiger partial charge on any atom is 0.309 e. The fourth-order valence-electron chi connectivity index (χ4n) is 5.44. The Morgan fingerprint density at radius 1 is 0.795 bits per heavy atom. The molecule has 1 saturated carbocycles. The van der Waals surface area contributed by atoms with Crippen LogP contribution >= 0.6 is 0 Å². The number of hydrogen-bond donors (Lipinski definition) is 0. The molecule has 0 aliphatic heterocycles. The highest BCUT2D eigenvalue weighted by molar-refractivity contribution is 6.00. The van der Waals surface area contributed by atoms with Crippen LogP contribution in [0, 0.1) is 11.8 Å². The van der Waals surface area contributed by atoms with Gasteiger partial charge in [0.15, 0.2) is 0 Å². The van der Waals surface area contributed by atoms with Crippen molar-refractivity contribution < 1.29 is 19.1 Å². The molecular weight excluding hydrogens is 484 g/mol. The first-order valence-corrected chi connectivity index (χ1v) is 14.2. The third-order valence-electron chi connectivity index (χ3n) is 8.26. The fourth-order valence-corrected chi connectivity index (χ4v) is 5.44. The van der Waals surface area contributed by atoms with E-state index in [1.165, 1.54) is 21.9 Å². The predicted molar refractivity (Wildman–Crippen MR) is 157 cm³/mol. The Kier molecular flexibility index (Phi) is 7.74. The van der Waals surface area contributed by atoms with E-state index in [1.807, 2.05) is 33.8 Å². The first-order chi connectivity index (χ1) is 18.7. The number of carbonyl (C=O) groups is 2. The van der Waals surface area contributed by atoms with E-state index in [2.05, 4.69) is 72.8 Å². The second-order valence-corrected chi connectivity index (χ2v) is 11.5. The van der Waals surface area contributed by atoms with E-state index < -0.39 is 5.60 Å². The summed E-state index contributed by atoms with van der Waals surface area (Å²) in [4.78, 5) is 25.3. The van der Waals surface area contributed by atoms with Gasteiger partial charge in [-0.1, -0.05) is 68.4 Å². The van der Waals surface area contributed by atoms with Gasteiger partial charge in [-0.3, -0.25) is 9.59 Å². The van der Waals surface area contributed by atoms with E-state index in [1.54, 1.807) is 0 Å². The summed E-state index contributed by atoms with van der Waals surface area (Å²) in [6, 6.07) is 27.8. The van der Waals surface area contributed by atoms with Crippen LogP contribution in [-0.4, -0.2) is 18.0 Å². The molecule has 1 fully saturated rings. The van der Waals surface area contributed by atoms with E-state index in [0.717, 1.165) is 22.8 Å². The van der Waals surface area contributed by atoms with Crippen molar-refractivity contribution in [1.29, 1.82) is 0 Å². The summed E-state index contributed by atoms with van der Waals surface area (Å²) < 4.78 is 11.7. The minimum atomic E-state index is -0.753. The number of esters is 2. The van der Waals surface area contributed by atoms with Gasteiger partial charge in [-0.05, 0) is 108 Å². The smallest absolute Gasteiger partial charge is 0.309 e. The number of benzene rings is 4. The molecule has 1 unspecified atom stereocenters. The molecule has 0 N–H and O–H groups in total. The third kappa shape index (κ3) is 6.00. The molecule has 0 radical (unpaired) electrons. The van der Waals surface area contributed by atoms with Gasteiger partial charge in [-0.2, -0.15) is 0 Å². The number of fused-ring (bicyclic) bond motifs is 2. The molecule has 5 rings (SSSR count). The van der Waals surface area contributed by atoms with Gasteiger partial charge >= 0.3 is 11.9 Å². The second-order valence-electron chi connectivity index (χ2n) is 11.5. The van der Waals surface area contributed by atoms with Crippen LogP contribution in [0.25, 0.3) is 32.7 Å². The number of ether oxygens (including phenoxy) is 2. The lowest BCUT2D eigenvalue weighted by Crippen LogP contribution is -2.34. The molecular formula is C35H38O4. The van der Waals surface area contributed by atoms with Crippen molar-refractivity contribution in [2.24, 2.45) is 11.8 Å². The predicted octanol–water partition coefficient (Wildman–Crippen LogP) is 8.59. The third-order valence-corrected chi connectivity index (χ3v) is 8.26. The molecule has 1 atom stereocenters. The van der Waals surface area contributed by atoms with Gasteiger partial charge in [0.1, 0.15) is 11.7 Å². The summed E-state index contributed by atoms with van der Waals surface area (Å²) in [6.45, 7) is 7.79.